The highest BCUT2D eigenvalue weighted by atomic mass is 19.4. The summed E-state index contributed by atoms with van der Waals surface area (Å²) in [7, 11) is 0. The van der Waals surface area contributed by atoms with Crippen molar-refractivity contribution in [2.75, 3.05) is 6.61 Å². The standard InChI is InChI=1S/C12H13F3O/c1-11(12(13,14)15)7-10(8-16-11)9-5-3-2-4-6-9/h2-6,10H,7-8H2,1H3/t10-,11?/m0/s1. The lowest BCUT2D eigenvalue weighted by atomic mass is 9.90. The van der Waals surface area contributed by atoms with Crippen molar-refractivity contribution in [3.8, 4) is 0 Å². The van der Waals surface area contributed by atoms with Crippen LogP contribution in [0.5, 0.6) is 0 Å². The van der Waals surface area contributed by atoms with E-state index < -0.39 is 11.8 Å². The van der Waals surface area contributed by atoms with Gasteiger partial charge in [0.15, 0.2) is 5.60 Å². The molecule has 1 aliphatic rings. The number of benzene rings is 1. The molecule has 1 aromatic carbocycles. The highest BCUT2D eigenvalue weighted by Crippen LogP contribution is 2.45. The zero-order valence-corrected chi connectivity index (χ0v) is 8.92. The molecule has 0 radical (unpaired) electrons. The highest BCUT2D eigenvalue weighted by Gasteiger charge is 2.56. The van der Waals surface area contributed by atoms with Crippen molar-refractivity contribution < 1.29 is 17.9 Å². The van der Waals surface area contributed by atoms with Crippen LogP contribution in [0.4, 0.5) is 13.2 Å². The van der Waals surface area contributed by atoms with Gasteiger partial charge in [-0.15, -0.1) is 0 Å². The quantitative estimate of drug-likeness (QED) is 0.717. The van der Waals surface area contributed by atoms with Crippen molar-refractivity contribution in [1.29, 1.82) is 0 Å². The molecule has 1 heterocycles. The van der Waals surface area contributed by atoms with Crippen LogP contribution in [0.15, 0.2) is 30.3 Å². The molecule has 1 unspecified atom stereocenters. The Labute approximate surface area is 92.2 Å². The highest BCUT2D eigenvalue weighted by molar-refractivity contribution is 5.21. The molecular formula is C12H13F3O. The summed E-state index contributed by atoms with van der Waals surface area (Å²) < 4.78 is 43.1. The van der Waals surface area contributed by atoms with Gasteiger partial charge in [-0.2, -0.15) is 13.2 Å². The van der Waals surface area contributed by atoms with E-state index in [9.17, 15) is 13.2 Å². The largest absolute Gasteiger partial charge is 0.417 e. The molecule has 0 bridgehead atoms. The van der Waals surface area contributed by atoms with Crippen LogP contribution in [-0.2, 0) is 4.74 Å². The van der Waals surface area contributed by atoms with E-state index in [4.69, 9.17) is 4.74 Å². The van der Waals surface area contributed by atoms with E-state index in [1.165, 1.54) is 0 Å². The van der Waals surface area contributed by atoms with Gasteiger partial charge in [0.1, 0.15) is 0 Å². The Bertz CT molecular complexity index is 360. The van der Waals surface area contributed by atoms with Crippen LogP contribution in [0, 0.1) is 0 Å². The fraction of sp³-hybridized carbons (Fsp3) is 0.500. The second-order valence-electron chi connectivity index (χ2n) is 4.35. The first kappa shape index (κ1) is 11.5. The number of hydrogen-bond donors (Lipinski definition) is 0. The minimum atomic E-state index is -4.30. The van der Waals surface area contributed by atoms with Crippen LogP contribution in [0.3, 0.4) is 0 Å². The van der Waals surface area contributed by atoms with E-state index in [0.29, 0.717) is 0 Å². The van der Waals surface area contributed by atoms with Crippen molar-refractivity contribution >= 4 is 0 Å². The maximum Gasteiger partial charge on any atom is 0.417 e. The Morgan fingerprint density at radius 2 is 1.88 bits per heavy atom. The third-order valence-electron chi connectivity index (χ3n) is 3.11. The fourth-order valence-corrected chi connectivity index (χ4v) is 2.01. The number of hydrogen-bond acceptors (Lipinski definition) is 1. The predicted octanol–water partition coefficient (Wildman–Crippen LogP) is 3.51. The SMILES string of the molecule is CC1(C(F)(F)F)C[C@H](c2ccccc2)CO1. The Balaban J connectivity index is 2.15. The molecule has 16 heavy (non-hydrogen) atoms. The molecule has 1 nitrogen and oxygen atoms in total. The summed E-state index contributed by atoms with van der Waals surface area (Å²) in [5, 5.41) is 0. The molecule has 0 amide bonds. The zero-order chi connectivity index (χ0) is 11.8. The summed E-state index contributed by atoms with van der Waals surface area (Å²) in [6.45, 7) is 1.26. The van der Waals surface area contributed by atoms with E-state index in [2.05, 4.69) is 0 Å². The summed E-state index contributed by atoms with van der Waals surface area (Å²) in [5.74, 6) is -0.159. The number of alkyl halides is 3. The first-order chi connectivity index (χ1) is 7.42. The Morgan fingerprint density at radius 3 is 2.38 bits per heavy atom. The Hall–Kier alpha value is -1.03. The minimum absolute atomic E-state index is 0.000509. The van der Waals surface area contributed by atoms with Gasteiger partial charge in [0.25, 0.3) is 0 Å². The van der Waals surface area contributed by atoms with E-state index >= 15 is 0 Å². The van der Waals surface area contributed by atoms with Gasteiger partial charge in [0.05, 0.1) is 6.61 Å². The molecule has 1 saturated heterocycles. The van der Waals surface area contributed by atoms with Crippen LogP contribution >= 0.6 is 0 Å². The van der Waals surface area contributed by atoms with Crippen LogP contribution in [-0.4, -0.2) is 18.4 Å². The molecule has 0 spiro atoms. The second kappa shape index (κ2) is 3.77. The van der Waals surface area contributed by atoms with Gasteiger partial charge in [-0.05, 0) is 18.9 Å². The van der Waals surface area contributed by atoms with Crippen LogP contribution in [0.1, 0.15) is 24.8 Å². The van der Waals surface area contributed by atoms with Crippen molar-refractivity contribution in [3.05, 3.63) is 35.9 Å². The summed E-state index contributed by atoms with van der Waals surface area (Å²) >= 11 is 0. The zero-order valence-electron chi connectivity index (χ0n) is 8.92. The summed E-state index contributed by atoms with van der Waals surface area (Å²) in [5.41, 5.74) is -1.08. The lowest BCUT2D eigenvalue weighted by Gasteiger charge is -2.26. The van der Waals surface area contributed by atoms with Gasteiger partial charge in [-0.1, -0.05) is 30.3 Å². The molecule has 1 aliphatic heterocycles. The second-order valence-corrected chi connectivity index (χ2v) is 4.35. The lowest BCUT2D eigenvalue weighted by Crippen LogP contribution is -2.41. The molecule has 1 aromatic rings. The van der Waals surface area contributed by atoms with Crippen molar-refractivity contribution in [2.24, 2.45) is 0 Å². The van der Waals surface area contributed by atoms with E-state index in [-0.39, 0.29) is 18.9 Å². The van der Waals surface area contributed by atoms with Crippen molar-refractivity contribution in [1.82, 2.24) is 0 Å². The van der Waals surface area contributed by atoms with E-state index in [1.54, 1.807) is 0 Å². The average molecular weight is 230 g/mol. The van der Waals surface area contributed by atoms with Gasteiger partial charge in [0.2, 0.25) is 0 Å². The smallest absolute Gasteiger partial charge is 0.365 e. The van der Waals surface area contributed by atoms with Gasteiger partial charge < -0.3 is 4.74 Å². The molecule has 1 fully saturated rings. The Kier molecular flexibility index (Phi) is 2.70. The van der Waals surface area contributed by atoms with Gasteiger partial charge in [0, 0.05) is 5.92 Å². The van der Waals surface area contributed by atoms with Crippen molar-refractivity contribution in [2.45, 2.75) is 31.0 Å². The molecule has 2 rings (SSSR count). The molecule has 4 heteroatoms. The normalized spacial score (nSPS) is 30.6. The van der Waals surface area contributed by atoms with Gasteiger partial charge in [-0.25, -0.2) is 0 Å². The maximum absolute atomic E-state index is 12.7. The van der Waals surface area contributed by atoms with Gasteiger partial charge >= 0.3 is 6.18 Å². The molecule has 0 saturated carbocycles. The van der Waals surface area contributed by atoms with Gasteiger partial charge in [-0.3, -0.25) is 0 Å². The third kappa shape index (κ3) is 1.94. The van der Waals surface area contributed by atoms with E-state index in [0.717, 1.165) is 12.5 Å². The minimum Gasteiger partial charge on any atom is -0.365 e. The predicted molar refractivity (Wildman–Crippen MR) is 54.2 cm³/mol. The maximum atomic E-state index is 12.7. The monoisotopic (exact) mass is 230 g/mol. The first-order valence-corrected chi connectivity index (χ1v) is 5.18. The average Bonchev–Trinajstić information content (AvgIpc) is 2.63. The summed E-state index contributed by atoms with van der Waals surface area (Å²) in [4.78, 5) is 0. The van der Waals surface area contributed by atoms with Crippen molar-refractivity contribution in [3.63, 3.8) is 0 Å². The molecule has 2 atom stereocenters. The van der Waals surface area contributed by atoms with Crippen LogP contribution < -0.4 is 0 Å². The third-order valence-corrected chi connectivity index (χ3v) is 3.11. The van der Waals surface area contributed by atoms with Crippen LogP contribution in [0.25, 0.3) is 0 Å². The molecule has 0 aromatic heterocycles. The number of rotatable bonds is 1. The number of ether oxygens (including phenoxy) is 1. The van der Waals surface area contributed by atoms with Crippen LogP contribution in [0.2, 0.25) is 0 Å². The molecular weight excluding hydrogens is 217 g/mol. The summed E-state index contributed by atoms with van der Waals surface area (Å²) in [6, 6.07) is 9.20. The lowest BCUT2D eigenvalue weighted by molar-refractivity contribution is -0.255. The molecule has 0 N–H and O–H groups in total. The van der Waals surface area contributed by atoms with E-state index in [1.807, 2.05) is 30.3 Å². The Morgan fingerprint density at radius 1 is 1.25 bits per heavy atom. The first-order valence-electron chi connectivity index (χ1n) is 5.18. The molecule has 0 aliphatic carbocycles. The number of halogens is 3. The topological polar surface area (TPSA) is 9.23 Å². The fourth-order valence-electron chi connectivity index (χ4n) is 2.01. The molecule has 88 valence electrons. The summed E-state index contributed by atoms with van der Waals surface area (Å²) in [6.07, 6.45) is -4.29.